The Kier molecular flexibility index (Phi) is 9.92. The molecule has 11 heteroatoms. The molecule has 2 aliphatic heterocycles. The standard InChI is InChI=1S/C31H46F3N5O3/c1-29(2,3)37-28(42)30(22-9-11-31(33,34)12-10-22)13-16-39(17-14-30)27(41)24(19-21-5-7-23(32)8-6-21)36-26(40)25-20-38(4)18-15-35-25/h5-8,22,24-25,35H,9-20H2,1-4H3,(H,36,40)(H,37,42)/t24-,25+/m1/s1. The van der Waals surface area contributed by atoms with Crippen molar-refractivity contribution in [2.45, 2.75) is 89.3 Å². The third-order valence-electron chi connectivity index (χ3n) is 9.07. The van der Waals surface area contributed by atoms with Gasteiger partial charge in [-0.25, -0.2) is 13.2 Å². The number of rotatable bonds is 7. The van der Waals surface area contributed by atoms with E-state index >= 15 is 0 Å². The Morgan fingerprint density at radius 2 is 1.64 bits per heavy atom. The van der Waals surface area contributed by atoms with Gasteiger partial charge in [0.2, 0.25) is 23.6 Å². The highest BCUT2D eigenvalue weighted by Gasteiger charge is 2.51. The minimum absolute atomic E-state index is 0.138. The van der Waals surface area contributed by atoms with Crippen LogP contribution in [0.2, 0.25) is 0 Å². The molecule has 3 amide bonds. The summed E-state index contributed by atoms with van der Waals surface area (Å²) in [6, 6.07) is 4.52. The fourth-order valence-electron chi connectivity index (χ4n) is 6.63. The number of carbonyl (C=O) groups excluding carboxylic acids is 3. The molecule has 1 aromatic rings. The number of likely N-dealkylation sites (N-methyl/N-ethyl adjacent to an activating group) is 1. The predicted molar refractivity (Wildman–Crippen MR) is 154 cm³/mol. The maximum Gasteiger partial charge on any atom is 0.248 e. The number of carbonyl (C=O) groups is 3. The Bertz CT molecular complexity index is 1110. The number of piperazine rings is 1. The van der Waals surface area contributed by atoms with Crippen molar-refractivity contribution in [1.29, 1.82) is 0 Å². The Balaban J connectivity index is 1.51. The molecule has 2 saturated heterocycles. The molecule has 2 heterocycles. The molecule has 0 radical (unpaired) electrons. The number of piperidine rings is 1. The van der Waals surface area contributed by atoms with Crippen LogP contribution in [0.25, 0.3) is 0 Å². The molecule has 1 aromatic carbocycles. The van der Waals surface area contributed by atoms with Crippen LogP contribution in [-0.2, 0) is 20.8 Å². The summed E-state index contributed by atoms with van der Waals surface area (Å²) in [7, 11) is 1.94. The molecule has 0 aromatic heterocycles. The van der Waals surface area contributed by atoms with Gasteiger partial charge in [0.05, 0.1) is 11.5 Å². The zero-order valence-corrected chi connectivity index (χ0v) is 25.3. The molecule has 0 bridgehead atoms. The summed E-state index contributed by atoms with van der Waals surface area (Å²) in [5.41, 5.74) is -0.614. The van der Waals surface area contributed by atoms with Crippen LogP contribution >= 0.6 is 0 Å². The van der Waals surface area contributed by atoms with Crippen molar-refractivity contribution in [3.63, 3.8) is 0 Å². The molecule has 3 fully saturated rings. The quantitative estimate of drug-likeness (QED) is 0.452. The van der Waals surface area contributed by atoms with Gasteiger partial charge in [-0.3, -0.25) is 14.4 Å². The second kappa shape index (κ2) is 12.9. The normalized spacial score (nSPS) is 24.1. The molecular formula is C31H46F3N5O3. The van der Waals surface area contributed by atoms with Gasteiger partial charge in [-0.1, -0.05) is 12.1 Å². The van der Waals surface area contributed by atoms with E-state index in [9.17, 15) is 27.6 Å². The fourth-order valence-corrected chi connectivity index (χ4v) is 6.63. The third-order valence-corrected chi connectivity index (χ3v) is 9.07. The van der Waals surface area contributed by atoms with Gasteiger partial charge in [0.1, 0.15) is 11.9 Å². The lowest BCUT2D eigenvalue weighted by Crippen LogP contribution is -2.61. The van der Waals surface area contributed by atoms with E-state index in [-0.39, 0.29) is 74.7 Å². The lowest BCUT2D eigenvalue weighted by Gasteiger charge is -2.48. The number of halogens is 3. The molecule has 0 unspecified atom stereocenters. The van der Waals surface area contributed by atoms with Gasteiger partial charge >= 0.3 is 0 Å². The summed E-state index contributed by atoms with van der Waals surface area (Å²) in [5, 5.41) is 9.23. The first-order valence-corrected chi connectivity index (χ1v) is 15.1. The Morgan fingerprint density at radius 1 is 1.02 bits per heavy atom. The maximum atomic E-state index is 14.0. The zero-order chi connectivity index (χ0) is 30.7. The average molecular weight is 594 g/mol. The summed E-state index contributed by atoms with van der Waals surface area (Å²) in [6.45, 7) is 8.24. The fraction of sp³-hybridized carbons (Fsp3) is 0.710. The summed E-state index contributed by atoms with van der Waals surface area (Å²) >= 11 is 0. The van der Waals surface area contributed by atoms with Crippen molar-refractivity contribution >= 4 is 17.7 Å². The van der Waals surface area contributed by atoms with E-state index < -0.39 is 29.0 Å². The molecular weight excluding hydrogens is 547 g/mol. The van der Waals surface area contributed by atoms with E-state index in [1.54, 1.807) is 17.0 Å². The monoisotopic (exact) mass is 593 g/mol. The molecule has 1 saturated carbocycles. The van der Waals surface area contributed by atoms with Crippen LogP contribution in [0.5, 0.6) is 0 Å². The number of hydrogen-bond donors (Lipinski definition) is 3. The highest BCUT2D eigenvalue weighted by atomic mass is 19.3. The topological polar surface area (TPSA) is 93.8 Å². The predicted octanol–water partition coefficient (Wildman–Crippen LogP) is 3.11. The Labute approximate surface area is 247 Å². The van der Waals surface area contributed by atoms with Crippen molar-refractivity contribution < 1.29 is 27.6 Å². The van der Waals surface area contributed by atoms with E-state index in [0.29, 0.717) is 31.5 Å². The molecule has 3 N–H and O–H groups in total. The smallest absolute Gasteiger partial charge is 0.248 e. The van der Waals surface area contributed by atoms with E-state index in [1.807, 2.05) is 32.7 Å². The van der Waals surface area contributed by atoms with Crippen LogP contribution in [0, 0.1) is 17.2 Å². The van der Waals surface area contributed by atoms with Gasteiger partial charge in [0.15, 0.2) is 0 Å². The van der Waals surface area contributed by atoms with Crippen molar-refractivity contribution in [2.24, 2.45) is 11.3 Å². The number of benzene rings is 1. The second-order valence-corrected chi connectivity index (χ2v) is 13.5. The Morgan fingerprint density at radius 3 is 2.21 bits per heavy atom. The average Bonchev–Trinajstić information content (AvgIpc) is 2.92. The van der Waals surface area contributed by atoms with Gasteiger partial charge < -0.3 is 25.8 Å². The van der Waals surface area contributed by atoms with E-state index in [2.05, 4.69) is 16.0 Å². The number of alkyl halides is 2. The number of nitrogens with one attached hydrogen (secondary N) is 3. The van der Waals surface area contributed by atoms with E-state index in [0.717, 1.165) is 6.54 Å². The number of hydrogen-bond acceptors (Lipinski definition) is 5. The lowest BCUT2D eigenvalue weighted by atomic mass is 9.62. The summed E-state index contributed by atoms with van der Waals surface area (Å²) in [6.07, 6.45) is 0.987. The number of likely N-dealkylation sites (tertiary alicyclic amines) is 1. The zero-order valence-electron chi connectivity index (χ0n) is 25.3. The summed E-state index contributed by atoms with van der Waals surface area (Å²) in [4.78, 5) is 44.6. The molecule has 1 aliphatic carbocycles. The van der Waals surface area contributed by atoms with Gasteiger partial charge in [-0.15, -0.1) is 0 Å². The molecule has 0 spiro atoms. The van der Waals surface area contributed by atoms with Crippen molar-refractivity contribution in [3.8, 4) is 0 Å². The molecule has 42 heavy (non-hydrogen) atoms. The first-order valence-electron chi connectivity index (χ1n) is 15.1. The number of nitrogens with zero attached hydrogens (tertiary/aromatic N) is 2. The van der Waals surface area contributed by atoms with Crippen LogP contribution in [0.3, 0.4) is 0 Å². The summed E-state index contributed by atoms with van der Waals surface area (Å²) < 4.78 is 41.7. The third kappa shape index (κ3) is 8.03. The van der Waals surface area contributed by atoms with E-state index in [1.165, 1.54) is 12.1 Å². The van der Waals surface area contributed by atoms with Crippen LogP contribution in [0.1, 0.15) is 64.9 Å². The minimum Gasteiger partial charge on any atom is -0.351 e. The van der Waals surface area contributed by atoms with Crippen molar-refractivity contribution in [2.75, 3.05) is 39.8 Å². The van der Waals surface area contributed by atoms with Gasteiger partial charge in [-0.2, -0.15) is 0 Å². The van der Waals surface area contributed by atoms with Crippen LogP contribution in [-0.4, -0.2) is 90.8 Å². The highest BCUT2D eigenvalue weighted by Crippen LogP contribution is 2.49. The molecule has 234 valence electrons. The molecule has 4 rings (SSSR count). The van der Waals surface area contributed by atoms with Gasteiger partial charge in [0, 0.05) is 57.5 Å². The number of amides is 3. The van der Waals surface area contributed by atoms with Crippen LogP contribution < -0.4 is 16.0 Å². The maximum absolute atomic E-state index is 14.0. The first-order chi connectivity index (χ1) is 19.7. The van der Waals surface area contributed by atoms with Gasteiger partial charge in [0.25, 0.3) is 0 Å². The minimum atomic E-state index is -2.71. The molecule has 2 atom stereocenters. The first kappa shape index (κ1) is 32.3. The highest BCUT2D eigenvalue weighted by molar-refractivity contribution is 5.90. The molecule has 8 nitrogen and oxygen atoms in total. The molecule has 3 aliphatic rings. The summed E-state index contributed by atoms with van der Waals surface area (Å²) in [5.74, 6) is -3.97. The van der Waals surface area contributed by atoms with Crippen molar-refractivity contribution in [1.82, 2.24) is 25.8 Å². The van der Waals surface area contributed by atoms with Crippen molar-refractivity contribution in [3.05, 3.63) is 35.6 Å². The Hall–Kier alpha value is -2.66. The van der Waals surface area contributed by atoms with Crippen LogP contribution in [0.15, 0.2) is 24.3 Å². The second-order valence-electron chi connectivity index (χ2n) is 13.5. The van der Waals surface area contributed by atoms with E-state index in [4.69, 9.17) is 0 Å². The largest absolute Gasteiger partial charge is 0.351 e. The SMILES string of the molecule is CN1CCN[C@H](C(=O)N[C@H](Cc2ccc(F)cc2)C(=O)N2CCC(C(=O)NC(C)(C)C)(C3CCC(F)(F)CC3)CC2)C1. The lowest BCUT2D eigenvalue weighted by molar-refractivity contribution is -0.150. The van der Waals surface area contributed by atoms with Gasteiger partial charge in [-0.05, 0) is 77.1 Å². The van der Waals surface area contributed by atoms with Crippen LogP contribution in [0.4, 0.5) is 13.2 Å².